The topological polar surface area (TPSA) is 17.8 Å². The zero-order valence-corrected chi connectivity index (χ0v) is 9.68. The Morgan fingerprint density at radius 2 is 1.89 bits per heavy atom. The number of halogens is 2. The summed E-state index contributed by atoms with van der Waals surface area (Å²) in [5.74, 6) is -2.51. The highest BCUT2D eigenvalue weighted by molar-refractivity contribution is 5.52. The van der Waals surface area contributed by atoms with Crippen molar-refractivity contribution in [2.75, 3.05) is 0 Å². The Morgan fingerprint density at radius 3 is 2.56 bits per heavy atom. The third kappa shape index (κ3) is 2.18. The quantitative estimate of drug-likeness (QED) is 0.790. The fourth-order valence-electron chi connectivity index (χ4n) is 2.08. The summed E-state index contributed by atoms with van der Waals surface area (Å²) in [4.78, 5) is 4.20. The van der Waals surface area contributed by atoms with Crippen LogP contribution in [0.4, 0.5) is 8.78 Å². The molecular formula is C14H12F2N2. The fourth-order valence-corrected chi connectivity index (χ4v) is 2.08. The van der Waals surface area contributed by atoms with Gasteiger partial charge >= 0.3 is 0 Å². The van der Waals surface area contributed by atoms with Crippen LogP contribution >= 0.6 is 0 Å². The number of allylic oxidation sites excluding steroid dienone is 1. The number of benzene rings is 1. The Balaban J connectivity index is 1.79. The van der Waals surface area contributed by atoms with Crippen LogP contribution in [-0.2, 0) is 0 Å². The van der Waals surface area contributed by atoms with Gasteiger partial charge in [-0.15, -0.1) is 0 Å². The summed E-state index contributed by atoms with van der Waals surface area (Å²) in [6.45, 7) is 0. The summed E-state index contributed by atoms with van der Waals surface area (Å²) < 4.78 is 27.3. The average Bonchev–Trinajstić information content (AvgIpc) is 2.76. The number of hydrogen-bond donors (Lipinski definition) is 0. The van der Waals surface area contributed by atoms with Crippen LogP contribution in [0.1, 0.15) is 18.5 Å². The summed E-state index contributed by atoms with van der Waals surface area (Å²) in [7, 11) is 0. The van der Waals surface area contributed by atoms with Crippen LogP contribution in [0.3, 0.4) is 0 Å². The van der Waals surface area contributed by atoms with Gasteiger partial charge in [0.25, 0.3) is 5.92 Å². The van der Waals surface area contributed by atoms with Crippen molar-refractivity contribution in [1.29, 1.82) is 0 Å². The molecule has 1 saturated carbocycles. The van der Waals surface area contributed by atoms with E-state index in [1.54, 1.807) is 12.4 Å². The van der Waals surface area contributed by atoms with E-state index < -0.39 is 5.92 Å². The fraction of sp³-hybridized carbons (Fsp3) is 0.214. The molecule has 0 N–H and O–H groups in total. The minimum Gasteiger partial charge on any atom is -0.306 e. The standard InChI is InChI=1S/C14H12F2N2/c15-14(16)7-11(8-14)6-12-9-18(10-17-12)13-4-2-1-3-5-13/h1-6,9-10H,7-8H2. The molecule has 0 bridgehead atoms. The summed E-state index contributed by atoms with van der Waals surface area (Å²) in [5, 5.41) is 0. The van der Waals surface area contributed by atoms with Gasteiger partial charge < -0.3 is 4.57 Å². The Morgan fingerprint density at radius 1 is 1.17 bits per heavy atom. The van der Waals surface area contributed by atoms with Gasteiger partial charge in [0, 0.05) is 24.7 Å². The molecule has 0 aliphatic heterocycles. The van der Waals surface area contributed by atoms with Crippen molar-refractivity contribution in [3.05, 3.63) is 54.1 Å². The molecule has 92 valence electrons. The SMILES string of the molecule is FC1(F)CC(=Cc2cn(-c3ccccc3)cn2)C1. The van der Waals surface area contributed by atoms with Gasteiger partial charge in [0.2, 0.25) is 0 Å². The van der Waals surface area contributed by atoms with E-state index in [4.69, 9.17) is 0 Å². The average molecular weight is 246 g/mol. The molecule has 0 radical (unpaired) electrons. The smallest absolute Gasteiger partial charge is 0.255 e. The van der Waals surface area contributed by atoms with E-state index in [9.17, 15) is 8.78 Å². The molecule has 18 heavy (non-hydrogen) atoms. The molecule has 0 spiro atoms. The Kier molecular flexibility index (Phi) is 2.51. The van der Waals surface area contributed by atoms with E-state index in [2.05, 4.69) is 4.98 Å². The van der Waals surface area contributed by atoms with E-state index in [-0.39, 0.29) is 12.8 Å². The minimum absolute atomic E-state index is 0.134. The normalized spacial score (nSPS) is 17.3. The molecule has 0 saturated heterocycles. The van der Waals surface area contributed by atoms with Crippen LogP contribution in [0.15, 0.2) is 48.4 Å². The summed E-state index contributed by atoms with van der Waals surface area (Å²) in [6, 6.07) is 9.77. The lowest BCUT2D eigenvalue weighted by molar-refractivity contribution is -0.0357. The van der Waals surface area contributed by atoms with Gasteiger partial charge in [-0.3, -0.25) is 0 Å². The maximum Gasteiger partial charge on any atom is 0.255 e. The first-order chi connectivity index (χ1) is 8.62. The maximum atomic E-state index is 12.7. The predicted molar refractivity (Wildman–Crippen MR) is 65.7 cm³/mol. The van der Waals surface area contributed by atoms with Gasteiger partial charge in [0.1, 0.15) is 0 Å². The van der Waals surface area contributed by atoms with Gasteiger partial charge in [-0.2, -0.15) is 0 Å². The predicted octanol–water partition coefficient (Wildman–Crippen LogP) is 3.68. The van der Waals surface area contributed by atoms with E-state index in [1.165, 1.54) is 0 Å². The lowest BCUT2D eigenvalue weighted by atomic mass is 9.87. The highest BCUT2D eigenvalue weighted by Crippen LogP contribution is 2.42. The van der Waals surface area contributed by atoms with Crippen LogP contribution in [0, 0.1) is 0 Å². The molecule has 0 amide bonds. The van der Waals surface area contributed by atoms with Crippen LogP contribution in [-0.4, -0.2) is 15.5 Å². The van der Waals surface area contributed by atoms with Crippen LogP contribution in [0.2, 0.25) is 0 Å². The van der Waals surface area contributed by atoms with Gasteiger partial charge in [-0.25, -0.2) is 13.8 Å². The van der Waals surface area contributed by atoms with Gasteiger partial charge in [-0.1, -0.05) is 23.8 Å². The van der Waals surface area contributed by atoms with Crippen LogP contribution in [0.25, 0.3) is 11.8 Å². The molecule has 1 fully saturated rings. The van der Waals surface area contributed by atoms with E-state index in [0.717, 1.165) is 17.0 Å². The first-order valence-corrected chi connectivity index (χ1v) is 5.79. The molecule has 1 heterocycles. The Bertz CT molecular complexity index is 575. The molecule has 4 heteroatoms. The number of aromatic nitrogens is 2. The van der Waals surface area contributed by atoms with Crippen molar-refractivity contribution in [3.63, 3.8) is 0 Å². The molecule has 0 unspecified atom stereocenters. The van der Waals surface area contributed by atoms with Gasteiger partial charge in [0.15, 0.2) is 0 Å². The largest absolute Gasteiger partial charge is 0.306 e. The third-order valence-electron chi connectivity index (χ3n) is 2.98. The summed E-state index contributed by atoms with van der Waals surface area (Å²) >= 11 is 0. The number of imidazole rings is 1. The minimum atomic E-state index is -2.51. The van der Waals surface area contributed by atoms with Crippen LogP contribution in [0.5, 0.6) is 0 Å². The zero-order chi connectivity index (χ0) is 12.6. The number of para-hydroxylation sites is 1. The number of hydrogen-bond acceptors (Lipinski definition) is 1. The highest BCUT2D eigenvalue weighted by atomic mass is 19.3. The molecule has 1 aromatic heterocycles. The molecule has 2 aromatic rings. The van der Waals surface area contributed by atoms with Gasteiger partial charge in [-0.05, 0) is 18.2 Å². The summed E-state index contributed by atoms with van der Waals surface area (Å²) in [6.07, 6.45) is 5.02. The molecule has 2 nitrogen and oxygen atoms in total. The van der Waals surface area contributed by atoms with Crippen molar-refractivity contribution in [3.8, 4) is 5.69 Å². The lowest BCUT2D eigenvalue weighted by Crippen LogP contribution is -2.28. The van der Waals surface area contributed by atoms with Crippen molar-refractivity contribution >= 4 is 6.08 Å². The van der Waals surface area contributed by atoms with E-state index >= 15 is 0 Å². The van der Waals surface area contributed by atoms with Crippen molar-refractivity contribution < 1.29 is 8.78 Å². The monoisotopic (exact) mass is 246 g/mol. The summed E-state index contributed by atoms with van der Waals surface area (Å²) in [5.41, 5.74) is 2.50. The first kappa shape index (κ1) is 11.1. The van der Waals surface area contributed by atoms with E-state index in [1.807, 2.05) is 41.1 Å². The maximum absolute atomic E-state index is 12.7. The van der Waals surface area contributed by atoms with Crippen molar-refractivity contribution in [1.82, 2.24) is 9.55 Å². The lowest BCUT2D eigenvalue weighted by Gasteiger charge is -2.28. The second kappa shape index (κ2) is 4.05. The third-order valence-corrected chi connectivity index (χ3v) is 2.98. The molecule has 3 rings (SSSR count). The van der Waals surface area contributed by atoms with Crippen molar-refractivity contribution in [2.24, 2.45) is 0 Å². The molecular weight excluding hydrogens is 234 g/mol. The van der Waals surface area contributed by atoms with E-state index in [0.29, 0.717) is 0 Å². The second-order valence-electron chi connectivity index (χ2n) is 4.55. The second-order valence-corrected chi connectivity index (χ2v) is 4.55. The van der Waals surface area contributed by atoms with Crippen molar-refractivity contribution in [2.45, 2.75) is 18.8 Å². The number of alkyl halides is 2. The Hall–Kier alpha value is -1.97. The number of nitrogens with zero attached hydrogens (tertiary/aromatic N) is 2. The molecule has 1 aromatic carbocycles. The van der Waals surface area contributed by atoms with Gasteiger partial charge in [0.05, 0.1) is 12.0 Å². The highest BCUT2D eigenvalue weighted by Gasteiger charge is 2.40. The number of rotatable bonds is 2. The zero-order valence-electron chi connectivity index (χ0n) is 9.68. The van der Waals surface area contributed by atoms with Crippen LogP contribution < -0.4 is 0 Å². The molecule has 1 aliphatic carbocycles. The molecule has 1 aliphatic rings. The first-order valence-electron chi connectivity index (χ1n) is 5.79. The molecule has 0 atom stereocenters. The Labute approximate surface area is 104 Å².